The Labute approximate surface area is 154 Å². The largest absolute Gasteiger partial charge is 0.504 e. The second-order valence-electron chi connectivity index (χ2n) is 5.71. The van der Waals surface area contributed by atoms with Gasteiger partial charge in [-0.3, -0.25) is 0 Å². The summed E-state index contributed by atoms with van der Waals surface area (Å²) < 4.78 is 9.91. The number of rotatable bonds is 7. The minimum absolute atomic E-state index is 0.124. The summed E-state index contributed by atoms with van der Waals surface area (Å²) in [5.41, 5.74) is 2.08. The van der Waals surface area contributed by atoms with Crippen LogP contribution in [-0.2, 0) is 17.6 Å². The quantitative estimate of drug-likeness (QED) is 0.730. The molecule has 2 N–H and O–H groups in total. The van der Waals surface area contributed by atoms with Crippen molar-refractivity contribution in [2.75, 3.05) is 14.2 Å². The van der Waals surface area contributed by atoms with Crippen molar-refractivity contribution >= 4 is 5.78 Å². The first kappa shape index (κ1) is 21.1. The molecule has 0 fully saturated rings. The minimum atomic E-state index is 0.124. The Balaban J connectivity index is 0.000000263. The summed E-state index contributed by atoms with van der Waals surface area (Å²) >= 11 is 0. The molecule has 0 bridgehead atoms. The van der Waals surface area contributed by atoms with E-state index in [9.17, 15) is 15.0 Å². The number of carbonyl (C=O) groups is 1. The van der Waals surface area contributed by atoms with Crippen molar-refractivity contribution in [3.63, 3.8) is 0 Å². The van der Waals surface area contributed by atoms with Gasteiger partial charge in [-0.15, -0.1) is 6.58 Å². The zero-order valence-corrected chi connectivity index (χ0v) is 15.5. The van der Waals surface area contributed by atoms with E-state index < -0.39 is 0 Å². The van der Waals surface area contributed by atoms with Crippen LogP contribution in [-0.4, -0.2) is 30.2 Å². The van der Waals surface area contributed by atoms with Crippen molar-refractivity contribution in [3.05, 3.63) is 60.2 Å². The fourth-order valence-electron chi connectivity index (χ4n) is 2.21. The lowest BCUT2D eigenvalue weighted by atomic mass is 10.1. The summed E-state index contributed by atoms with van der Waals surface area (Å²) in [5, 5.41) is 18.6. The number of ether oxygens (including phenoxy) is 2. The van der Waals surface area contributed by atoms with Crippen molar-refractivity contribution < 1.29 is 24.5 Å². The van der Waals surface area contributed by atoms with Gasteiger partial charge in [0.05, 0.1) is 14.2 Å². The Kier molecular flexibility index (Phi) is 8.78. The number of benzene rings is 2. The Morgan fingerprint density at radius 3 is 1.96 bits per heavy atom. The van der Waals surface area contributed by atoms with Crippen LogP contribution in [0.5, 0.6) is 23.0 Å². The molecule has 2 aromatic carbocycles. The Bertz CT molecular complexity index is 737. The summed E-state index contributed by atoms with van der Waals surface area (Å²) in [6.07, 6.45) is 3.81. The van der Waals surface area contributed by atoms with Crippen LogP contribution in [0.15, 0.2) is 49.1 Å². The van der Waals surface area contributed by atoms with E-state index in [1.807, 2.05) is 12.1 Å². The third-order valence-corrected chi connectivity index (χ3v) is 3.63. The number of hydrogen-bond donors (Lipinski definition) is 2. The summed E-state index contributed by atoms with van der Waals surface area (Å²) in [4.78, 5) is 10.8. The maximum Gasteiger partial charge on any atom is 0.160 e. The number of aryl methyl sites for hydroxylation is 1. The molecule has 0 spiro atoms. The molecule has 0 aliphatic heterocycles. The van der Waals surface area contributed by atoms with Crippen molar-refractivity contribution in [3.8, 4) is 23.0 Å². The van der Waals surface area contributed by atoms with Crippen molar-refractivity contribution in [1.82, 2.24) is 0 Å². The van der Waals surface area contributed by atoms with Crippen LogP contribution in [0, 0.1) is 0 Å². The zero-order valence-electron chi connectivity index (χ0n) is 15.5. The van der Waals surface area contributed by atoms with Gasteiger partial charge >= 0.3 is 0 Å². The highest BCUT2D eigenvalue weighted by Crippen LogP contribution is 2.27. The molecule has 0 aromatic heterocycles. The normalized spacial score (nSPS) is 9.65. The molecule has 0 aliphatic carbocycles. The van der Waals surface area contributed by atoms with Crippen molar-refractivity contribution in [2.24, 2.45) is 0 Å². The van der Waals surface area contributed by atoms with Gasteiger partial charge in [-0.2, -0.15) is 0 Å². The molecule has 0 radical (unpaired) electrons. The monoisotopic (exact) mass is 358 g/mol. The molecule has 5 nitrogen and oxygen atoms in total. The van der Waals surface area contributed by atoms with E-state index in [1.54, 1.807) is 37.3 Å². The molecule has 0 aliphatic rings. The van der Waals surface area contributed by atoms with Gasteiger partial charge in [-0.25, -0.2) is 0 Å². The maximum absolute atomic E-state index is 10.8. The number of methoxy groups -OCH3 is 2. The molecule has 2 rings (SSSR count). The first-order valence-corrected chi connectivity index (χ1v) is 8.23. The van der Waals surface area contributed by atoms with Gasteiger partial charge in [0.15, 0.2) is 23.0 Å². The predicted octanol–water partition coefficient (Wildman–Crippen LogP) is 4.05. The van der Waals surface area contributed by atoms with Gasteiger partial charge in [0.2, 0.25) is 0 Å². The van der Waals surface area contributed by atoms with Crippen molar-refractivity contribution in [1.29, 1.82) is 0 Å². The Morgan fingerprint density at radius 1 is 1.00 bits per heavy atom. The second-order valence-corrected chi connectivity index (χ2v) is 5.71. The first-order chi connectivity index (χ1) is 12.4. The third-order valence-electron chi connectivity index (χ3n) is 3.63. The van der Waals surface area contributed by atoms with Crippen LogP contribution >= 0.6 is 0 Å². The van der Waals surface area contributed by atoms with Gasteiger partial charge < -0.3 is 24.5 Å². The van der Waals surface area contributed by atoms with Crippen LogP contribution < -0.4 is 9.47 Å². The summed E-state index contributed by atoms with van der Waals surface area (Å²) in [6.45, 7) is 5.20. The number of allylic oxidation sites excluding steroid dienone is 1. The van der Waals surface area contributed by atoms with Gasteiger partial charge in [0.25, 0.3) is 0 Å². The maximum atomic E-state index is 10.8. The average molecular weight is 358 g/mol. The van der Waals surface area contributed by atoms with E-state index in [-0.39, 0.29) is 17.3 Å². The molecule has 26 heavy (non-hydrogen) atoms. The molecule has 0 heterocycles. The number of Topliss-reactive ketones (excluding diaryl/α,β-unsaturated/α-hetero) is 1. The molecule has 0 saturated carbocycles. The summed E-state index contributed by atoms with van der Waals surface area (Å²) in [7, 11) is 3.04. The molecule has 2 aromatic rings. The fourth-order valence-corrected chi connectivity index (χ4v) is 2.21. The highest BCUT2D eigenvalue weighted by molar-refractivity contribution is 5.75. The summed E-state index contributed by atoms with van der Waals surface area (Å²) in [6, 6.07) is 10.4. The Hall–Kier alpha value is -2.95. The highest BCUT2D eigenvalue weighted by atomic mass is 16.5. The lowest BCUT2D eigenvalue weighted by Crippen LogP contribution is -1.94. The van der Waals surface area contributed by atoms with E-state index in [2.05, 4.69) is 6.58 Å². The zero-order chi connectivity index (χ0) is 19.5. The smallest absolute Gasteiger partial charge is 0.160 e. The fraction of sp³-hybridized carbons (Fsp3) is 0.286. The molecule has 5 heteroatoms. The first-order valence-electron chi connectivity index (χ1n) is 8.23. The van der Waals surface area contributed by atoms with E-state index in [0.29, 0.717) is 24.3 Å². The van der Waals surface area contributed by atoms with Gasteiger partial charge in [-0.05, 0) is 55.2 Å². The highest BCUT2D eigenvalue weighted by Gasteiger charge is 2.03. The van der Waals surface area contributed by atoms with Gasteiger partial charge in [-0.1, -0.05) is 18.2 Å². The molecular weight excluding hydrogens is 332 g/mol. The Morgan fingerprint density at radius 2 is 1.50 bits per heavy atom. The van der Waals surface area contributed by atoms with Crippen LogP contribution in [0.3, 0.4) is 0 Å². The lowest BCUT2D eigenvalue weighted by molar-refractivity contribution is -0.116. The number of carbonyl (C=O) groups excluding carboxylic acids is 1. The van der Waals surface area contributed by atoms with E-state index >= 15 is 0 Å². The van der Waals surface area contributed by atoms with Crippen LogP contribution in [0.4, 0.5) is 0 Å². The second kappa shape index (κ2) is 10.8. The van der Waals surface area contributed by atoms with Crippen molar-refractivity contribution in [2.45, 2.75) is 26.2 Å². The number of phenolic OH excluding ortho intramolecular Hbond substituents is 2. The van der Waals surface area contributed by atoms with Crippen LogP contribution in [0.25, 0.3) is 0 Å². The van der Waals surface area contributed by atoms with Gasteiger partial charge in [0.1, 0.15) is 5.78 Å². The van der Waals surface area contributed by atoms with E-state index in [1.165, 1.54) is 14.2 Å². The molecule has 140 valence electrons. The average Bonchev–Trinajstić information content (AvgIpc) is 2.63. The van der Waals surface area contributed by atoms with Crippen LogP contribution in [0.1, 0.15) is 24.5 Å². The molecule has 0 saturated heterocycles. The minimum Gasteiger partial charge on any atom is -0.504 e. The molecule has 0 atom stereocenters. The number of aromatic hydroxyl groups is 2. The topological polar surface area (TPSA) is 76.0 Å². The standard InChI is InChI=1S/C11H14O3.C10H12O2/c1-8(12)3-4-9-5-6-10(13)11(7-9)14-2;1-3-4-8-5-6-9(11)10(7-8)12-2/h5-7,13H,3-4H2,1-2H3;3,5-7,11H,1,4H2,2H3. The SMILES string of the molecule is C=CCc1ccc(O)c(OC)c1.COc1cc(CCC(C)=O)ccc1O. The van der Waals surface area contributed by atoms with E-state index in [4.69, 9.17) is 9.47 Å². The predicted molar refractivity (Wildman–Crippen MR) is 102 cm³/mol. The molecular formula is C21H26O5. The van der Waals surface area contributed by atoms with E-state index in [0.717, 1.165) is 17.5 Å². The summed E-state index contributed by atoms with van der Waals surface area (Å²) in [5.74, 6) is 1.42. The van der Waals surface area contributed by atoms with Gasteiger partial charge in [0, 0.05) is 6.42 Å². The van der Waals surface area contributed by atoms with Crippen LogP contribution in [0.2, 0.25) is 0 Å². The number of phenols is 2. The third kappa shape index (κ3) is 6.89. The number of hydrogen-bond acceptors (Lipinski definition) is 5. The lowest BCUT2D eigenvalue weighted by Gasteiger charge is -2.05. The molecule has 0 amide bonds. The number of ketones is 1. The molecule has 0 unspecified atom stereocenters.